The van der Waals surface area contributed by atoms with Crippen LogP contribution in [0.5, 0.6) is 11.5 Å². The summed E-state index contributed by atoms with van der Waals surface area (Å²) in [7, 11) is 0. The van der Waals surface area contributed by atoms with Crippen LogP contribution < -0.4 is 14.8 Å². The van der Waals surface area contributed by atoms with Crippen molar-refractivity contribution in [2.75, 3.05) is 13.2 Å². The van der Waals surface area contributed by atoms with Crippen molar-refractivity contribution in [3.63, 3.8) is 0 Å². The molecule has 1 aromatic heterocycles. The number of hydrogen-bond donors (Lipinski definition) is 1. The Morgan fingerprint density at radius 1 is 1.05 bits per heavy atom. The standard InChI is InChI=1S/C15H15BrN2O2/c16-12-2-3-13(18-9-12)10-17-8-11-1-4-14-15(7-11)20-6-5-19-14/h1-4,7,9,17H,5-6,8,10H2. The lowest BCUT2D eigenvalue weighted by atomic mass is 10.2. The molecular weight excluding hydrogens is 320 g/mol. The number of halogens is 1. The SMILES string of the molecule is Brc1ccc(CNCc2ccc3c(c2)OCCO3)nc1. The number of nitrogens with one attached hydrogen (secondary N) is 1. The van der Waals surface area contributed by atoms with Crippen molar-refractivity contribution < 1.29 is 9.47 Å². The number of ether oxygens (including phenoxy) is 2. The third kappa shape index (κ3) is 3.29. The van der Waals surface area contributed by atoms with Crippen LogP contribution in [0.2, 0.25) is 0 Å². The van der Waals surface area contributed by atoms with Crippen LogP contribution >= 0.6 is 15.9 Å². The van der Waals surface area contributed by atoms with Gasteiger partial charge in [0, 0.05) is 23.8 Å². The van der Waals surface area contributed by atoms with E-state index in [1.54, 1.807) is 6.20 Å². The van der Waals surface area contributed by atoms with Crippen LogP contribution in [0.15, 0.2) is 41.0 Å². The number of pyridine rings is 1. The summed E-state index contributed by atoms with van der Waals surface area (Å²) >= 11 is 3.38. The highest BCUT2D eigenvalue weighted by Gasteiger charge is 2.11. The second-order valence-electron chi connectivity index (χ2n) is 4.55. The summed E-state index contributed by atoms with van der Waals surface area (Å²) in [4.78, 5) is 4.33. The van der Waals surface area contributed by atoms with Crippen LogP contribution in [-0.4, -0.2) is 18.2 Å². The van der Waals surface area contributed by atoms with Crippen LogP contribution in [0, 0.1) is 0 Å². The molecular formula is C15H15BrN2O2. The highest BCUT2D eigenvalue weighted by molar-refractivity contribution is 9.10. The zero-order valence-electron chi connectivity index (χ0n) is 10.9. The first-order chi connectivity index (χ1) is 9.81. The minimum absolute atomic E-state index is 0.618. The first-order valence-corrected chi connectivity index (χ1v) is 7.30. The lowest BCUT2D eigenvalue weighted by Crippen LogP contribution is -2.17. The molecule has 1 aliphatic rings. The molecule has 20 heavy (non-hydrogen) atoms. The molecule has 1 aromatic carbocycles. The molecule has 4 nitrogen and oxygen atoms in total. The Morgan fingerprint density at radius 3 is 2.70 bits per heavy atom. The normalized spacial score (nSPS) is 13.2. The monoisotopic (exact) mass is 334 g/mol. The van der Waals surface area contributed by atoms with E-state index in [9.17, 15) is 0 Å². The van der Waals surface area contributed by atoms with E-state index < -0.39 is 0 Å². The summed E-state index contributed by atoms with van der Waals surface area (Å²) in [5, 5.41) is 3.37. The van der Waals surface area contributed by atoms with Crippen LogP contribution in [0.4, 0.5) is 0 Å². The maximum atomic E-state index is 5.57. The van der Waals surface area contributed by atoms with E-state index in [-0.39, 0.29) is 0 Å². The topological polar surface area (TPSA) is 43.4 Å². The molecule has 2 heterocycles. The van der Waals surface area contributed by atoms with Crippen molar-refractivity contribution in [3.05, 3.63) is 52.3 Å². The summed E-state index contributed by atoms with van der Waals surface area (Å²) in [5.41, 5.74) is 2.19. The summed E-state index contributed by atoms with van der Waals surface area (Å²) in [5.74, 6) is 1.66. The van der Waals surface area contributed by atoms with Crippen LogP contribution in [-0.2, 0) is 13.1 Å². The molecule has 0 radical (unpaired) electrons. The average Bonchev–Trinajstić information content (AvgIpc) is 2.49. The van der Waals surface area contributed by atoms with Crippen LogP contribution in [0.3, 0.4) is 0 Å². The maximum absolute atomic E-state index is 5.57. The summed E-state index contributed by atoms with van der Waals surface area (Å²) < 4.78 is 12.1. The van der Waals surface area contributed by atoms with E-state index in [4.69, 9.17) is 9.47 Å². The molecule has 0 atom stereocenters. The Kier molecular flexibility index (Phi) is 4.18. The zero-order valence-corrected chi connectivity index (χ0v) is 12.5. The fourth-order valence-corrected chi connectivity index (χ4v) is 2.28. The molecule has 0 bridgehead atoms. The molecule has 5 heteroatoms. The van der Waals surface area contributed by atoms with E-state index in [2.05, 4.69) is 32.3 Å². The van der Waals surface area contributed by atoms with Gasteiger partial charge >= 0.3 is 0 Å². The number of benzene rings is 1. The Labute approximate surface area is 126 Å². The Hall–Kier alpha value is -1.59. The molecule has 0 amide bonds. The Morgan fingerprint density at radius 2 is 1.90 bits per heavy atom. The largest absolute Gasteiger partial charge is 0.486 e. The Balaban J connectivity index is 1.57. The first kappa shape index (κ1) is 13.4. The molecule has 0 spiro atoms. The molecule has 1 N–H and O–H groups in total. The van der Waals surface area contributed by atoms with Gasteiger partial charge < -0.3 is 14.8 Å². The molecule has 3 rings (SSSR count). The summed E-state index contributed by atoms with van der Waals surface area (Å²) in [6.07, 6.45) is 1.81. The van der Waals surface area contributed by atoms with E-state index in [0.29, 0.717) is 13.2 Å². The highest BCUT2D eigenvalue weighted by Crippen LogP contribution is 2.30. The third-order valence-electron chi connectivity index (χ3n) is 3.03. The fourth-order valence-electron chi connectivity index (χ4n) is 2.04. The number of aromatic nitrogens is 1. The third-order valence-corrected chi connectivity index (χ3v) is 3.50. The average molecular weight is 335 g/mol. The molecule has 0 saturated carbocycles. The van der Waals surface area contributed by atoms with Crippen molar-refractivity contribution in [1.82, 2.24) is 10.3 Å². The molecule has 0 aliphatic carbocycles. The maximum Gasteiger partial charge on any atom is 0.161 e. The van der Waals surface area contributed by atoms with Crippen molar-refractivity contribution in [1.29, 1.82) is 0 Å². The second-order valence-corrected chi connectivity index (χ2v) is 5.46. The van der Waals surface area contributed by atoms with Gasteiger partial charge in [-0.25, -0.2) is 0 Å². The number of nitrogens with zero attached hydrogens (tertiary/aromatic N) is 1. The van der Waals surface area contributed by atoms with Crippen LogP contribution in [0.1, 0.15) is 11.3 Å². The van der Waals surface area contributed by atoms with Gasteiger partial charge in [-0.2, -0.15) is 0 Å². The molecule has 104 valence electrons. The molecule has 0 saturated heterocycles. The highest BCUT2D eigenvalue weighted by atomic mass is 79.9. The van der Waals surface area contributed by atoms with E-state index in [1.807, 2.05) is 24.3 Å². The predicted octanol–water partition coefficient (Wildman–Crippen LogP) is 2.91. The number of fused-ring (bicyclic) bond motifs is 1. The lowest BCUT2D eigenvalue weighted by molar-refractivity contribution is 0.171. The van der Waals surface area contributed by atoms with Gasteiger partial charge in [0.2, 0.25) is 0 Å². The fraction of sp³-hybridized carbons (Fsp3) is 0.267. The van der Waals surface area contributed by atoms with Crippen LogP contribution in [0.25, 0.3) is 0 Å². The van der Waals surface area contributed by atoms with Gasteiger partial charge in [0.25, 0.3) is 0 Å². The Bertz CT molecular complexity index is 587. The zero-order chi connectivity index (χ0) is 13.8. The quantitative estimate of drug-likeness (QED) is 0.933. The van der Waals surface area contributed by atoms with Gasteiger partial charge in [0.05, 0.1) is 5.69 Å². The predicted molar refractivity (Wildman–Crippen MR) is 79.9 cm³/mol. The van der Waals surface area contributed by atoms with Gasteiger partial charge in [-0.15, -0.1) is 0 Å². The first-order valence-electron chi connectivity index (χ1n) is 6.51. The van der Waals surface area contributed by atoms with Crippen molar-refractivity contribution >= 4 is 15.9 Å². The lowest BCUT2D eigenvalue weighted by Gasteiger charge is -2.18. The van der Waals surface area contributed by atoms with E-state index in [1.165, 1.54) is 5.56 Å². The van der Waals surface area contributed by atoms with Crippen molar-refractivity contribution in [3.8, 4) is 11.5 Å². The van der Waals surface area contributed by atoms with Gasteiger partial charge in [-0.1, -0.05) is 6.07 Å². The van der Waals surface area contributed by atoms with Gasteiger partial charge in [-0.3, -0.25) is 4.98 Å². The molecule has 1 aliphatic heterocycles. The van der Waals surface area contributed by atoms with Gasteiger partial charge in [0.15, 0.2) is 11.5 Å². The summed E-state index contributed by atoms with van der Waals surface area (Å²) in [6, 6.07) is 10.0. The van der Waals surface area contributed by atoms with Gasteiger partial charge in [0.1, 0.15) is 13.2 Å². The van der Waals surface area contributed by atoms with Crippen molar-refractivity contribution in [2.24, 2.45) is 0 Å². The van der Waals surface area contributed by atoms with Gasteiger partial charge in [-0.05, 0) is 45.8 Å². The second kappa shape index (κ2) is 6.24. The minimum Gasteiger partial charge on any atom is -0.486 e. The van der Waals surface area contributed by atoms with E-state index in [0.717, 1.165) is 34.8 Å². The number of rotatable bonds is 4. The van der Waals surface area contributed by atoms with Crippen molar-refractivity contribution in [2.45, 2.75) is 13.1 Å². The molecule has 2 aromatic rings. The molecule has 0 fully saturated rings. The smallest absolute Gasteiger partial charge is 0.161 e. The minimum atomic E-state index is 0.618. The van der Waals surface area contributed by atoms with E-state index >= 15 is 0 Å². The number of hydrogen-bond acceptors (Lipinski definition) is 4. The molecule has 0 unspecified atom stereocenters. The summed E-state index contributed by atoms with van der Waals surface area (Å²) in [6.45, 7) is 2.75.